The molecular formula is C21H16ClF3N2O5. The number of nitrogens with one attached hydrogen (secondary N) is 1. The Morgan fingerprint density at radius 3 is 2.25 bits per heavy atom. The van der Waals surface area contributed by atoms with Crippen molar-refractivity contribution >= 4 is 41.0 Å². The van der Waals surface area contributed by atoms with E-state index in [9.17, 15) is 32.3 Å². The lowest BCUT2D eigenvalue weighted by Gasteiger charge is -2.18. The zero-order valence-electron chi connectivity index (χ0n) is 16.5. The van der Waals surface area contributed by atoms with Crippen molar-refractivity contribution in [3.63, 3.8) is 0 Å². The Kier molecular flexibility index (Phi) is 6.54. The number of hydrogen-bond acceptors (Lipinski definition) is 5. The molecule has 3 rings (SSSR count). The number of anilines is 1. The highest BCUT2D eigenvalue weighted by molar-refractivity contribution is 6.30. The monoisotopic (exact) mass is 468 g/mol. The molecule has 0 saturated heterocycles. The summed E-state index contributed by atoms with van der Waals surface area (Å²) in [4.78, 5) is 49.7. The Morgan fingerprint density at radius 1 is 1.09 bits per heavy atom. The van der Waals surface area contributed by atoms with Crippen molar-refractivity contribution in [3.05, 3.63) is 64.2 Å². The summed E-state index contributed by atoms with van der Waals surface area (Å²) in [6.45, 7) is 0.910. The molecule has 0 aliphatic carbocycles. The number of amides is 3. The third kappa shape index (κ3) is 4.91. The summed E-state index contributed by atoms with van der Waals surface area (Å²) in [6, 6.07) is 9.01. The molecule has 0 radical (unpaired) electrons. The molecule has 1 aliphatic rings. The minimum Gasteiger partial charge on any atom is -0.452 e. The molecule has 0 aromatic heterocycles. The number of nitrogens with zero attached hydrogens (tertiary/aromatic N) is 1. The molecule has 1 heterocycles. The van der Waals surface area contributed by atoms with E-state index in [2.05, 4.69) is 5.32 Å². The van der Waals surface area contributed by atoms with Gasteiger partial charge in [0.25, 0.3) is 17.7 Å². The second-order valence-electron chi connectivity index (χ2n) is 6.87. The maximum absolute atomic E-state index is 13.1. The molecule has 1 aliphatic heterocycles. The van der Waals surface area contributed by atoms with E-state index >= 15 is 0 Å². The van der Waals surface area contributed by atoms with Gasteiger partial charge in [0.05, 0.1) is 28.8 Å². The standard InChI is InChI=1S/C21H16ClF3N2O5/c1-11(18(29)26-16-7-6-12(22)10-15(16)21(23,24)25)32-17(28)8-9-27-19(30)13-4-2-3-5-14(13)20(27)31/h2-7,10-11H,8-9H2,1H3,(H,26,29). The molecule has 2 aromatic carbocycles. The van der Waals surface area contributed by atoms with E-state index in [1.165, 1.54) is 25.1 Å². The van der Waals surface area contributed by atoms with Gasteiger partial charge in [-0.15, -0.1) is 0 Å². The Labute approximate surface area is 185 Å². The van der Waals surface area contributed by atoms with E-state index in [4.69, 9.17) is 16.3 Å². The van der Waals surface area contributed by atoms with Gasteiger partial charge >= 0.3 is 12.1 Å². The summed E-state index contributed by atoms with van der Waals surface area (Å²) >= 11 is 5.60. The van der Waals surface area contributed by atoms with Crippen LogP contribution in [0, 0.1) is 0 Å². The van der Waals surface area contributed by atoms with Crippen LogP contribution in [0.25, 0.3) is 0 Å². The van der Waals surface area contributed by atoms with Crippen molar-refractivity contribution < 1.29 is 37.1 Å². The normalized spacial score (nSPS) is 14.2. The quantitative estimate of drug-likeness (QED) is 0.512. The predicted octanol–water partition coefficient (Wildman–Crippen LogP) is 3.92. The van der Waals surface area contributed by atoms with Crippen LogP contribution in [0.2, 0.25) is 5.02 Å². The summed E-state index contributed by atoms with van der Waals surface area (Å²) in [6.07, 6.45) is -6.58. The minimum absolute atomic E-state index is 0.164. The number of fused-ring (bicyclic) bond motifs is 1. The molecule has 1 N–H and O–H groups in total. The van der Waals surface area contributed by atoms with Crippen molar-refractivity contribution in [1.82, 2.24) is 4.90 Å². The number of halogens is 4. The van der Waals surface area contributed by atoms with Crippen LogP contribution in [0.15, 0.2) is 42.5 Å². The maximum atomic E-state index is 13.1. The van der Waals surface area contributed by atoms with Gasteiger partial charge in [-0.25, -0.2) is 0 Å². The highest BCUT2D eigenvalue weighted by Crippen LogP contribution is 2.36. The number of imide groups is 1. The highest BCUT2D eigenvalue weighted by atomic mass is 35.5. The lowest BCUT2D eigenvalue weighted by atomic mass is 10.1. The van der Waals surface area contributed by atoms with Crippen molar-refractivity contribution in [2.75, 3.05) is 11.9 Å². The first-order valence-electron chi connectivity index (χ1n) is 9.31. The number of rotatable bonds is 6. The molecule has 1 atom stereocenters. The topological polar surface area (TPSA) is 92.8 Å². The second-order valence-corrected chi connectivity index (χ2v) is 7.30. The first-order valence-corrected chi connectivity index (χ1v) is 9.69. The molecule has 7 nitrogen and oxygen atoms in total. The Bertz CT molecular complexity index is 1070. The van der Waals surface area contributed by atoms with Gasteiger partial charge in [0.2, 0.25) is 0 Å². The van der Waals surface area contributed by atoms with Gasteiger partial charge in [0.1, 0.15) is 0 Å². The molecule has 0 spiro atoms. The first-order chi connectivity index (χ1) is 15.0. The number of esters is 1. The lowest BCUT2D eigenvalue weighted by Crippen LogP contribution is -2.34. The molecule has 0 saturated carbocycles. The van der Waals surface area contributed by atoms with Crippen LogP contribution in [0.5, 0.6) is 0 Å². The van der Waals surface area contributed by atoms with Crippen LogP contribution in [0.3, 0.4) is 0 Å². The van der Waals surface area contributed by atoms with Crippen LogP contribution in [-0.4, -0.2) is 41.2 Å². The lowest BCUT2D eigenvalue weighted by molar-refractivity contribution is -0.153. The van der Waals surface area contributed by atoms with Crippen LogP contribution in [0.1, 0.15) is 39.6 Å². The molecule has 0 bridgehead atoms. The van der Waals surface area contributed by atoms with E-state index in [0.717, 1.165) is 11.0 Å². The van der Waals surface area contributed by atoms with Gasteiger partial charge in [-0.3, -0.25) is 24.1 Å². The average Bonchev–Trinajstić information content (AvgIpc) is 2.97. The number of hydrogen-bond donors (Lipinski definition) is 1. The fraction of sp³-hybridized carbons (Fsp3) is 0.238. The van der Waals surface area contributed by atoms with Crippen molar-refractivity contribution in [2.45, 2.75) is 25.6 Å². The third-order valence-electron chi connectivity index (χ3n) is 4.64. The second kappa shape index (κ2) is 8.99. The van der Waals surface area contributed by atoms with Gasteiger partial charge in [-0.1, -0.05) is 23.7 Å². The van der Waals surface area contributed by atoms with Crippen LogP contribution in [-0.2, 0) is 20.5 Å². The highest BCUT2D eigenvalue weighted by Gasteiger charge is 2.36. The van der Waals surface area contributed by atoms with Gasteiger partial charge < -0.3 is 10.1 Å². The van der Waals surface area contributed by atoms with Crippen molar-refractivity contribution in [1.29, 1.82) is 0 Å². The van der Waals surface area contributed by atoms with E-state index < -0.39 is 53.6 Å². The molecular weight excluding hydrogens is 453 g/mol. The summed E-state index contributed by atoms with van der Waals surface area (Å²) in [5.74, 6) is -3.00. The number of carbonyl (C=O) groups is 4. The van der Waals surface area contributed by atoms with Crippen LogP contribution in [0.4, 0.5) is 18.9 Å². The number of benzene rings is 2. The maximum Gasteiger partial charge on any atom is 0.418 e. The molecule has 2 aromatic rings. The number of carbonyl (C=O) groups excluding carboxylic acids is 4. The Morgan fingerprint density at radius 2 is 1.69 bits per heavy atom. The molecule has 1 unspecified atom stereocenters. The predicted molar refractivity (Wildman–Crippen MR) is 107 cm³/mol. The van der Waals surface area contributed by atoms with Crippen molar-refractivity contribution in [3.8, 4) is 0 Å². The number of alkyl halides is 3. The largest absolute Gasteiger partial charge is 0.452 e. The summed E-state index contributed by atoms with van der Waals surface area (Å²) in [7, 11) is 0. The Balaban J connectivity index is 1.57. The number of ether oxygens (including phenoxy) is 1. The zero-order valence-corrected chi connectivity index (χ0v) is 17.3. The van der Waals surface area contributed by atoms with E-state index in [-0.39, 0.29) is 22.7 Å². The van der Waals surface area contributed by atoms with E-state index in [0.29, 0.717) is 6.07 Å². The summed E-state index contributed by atoms with van der Waals surface area (Å²) in [5.41, 5.74) is -1.24. The molecule has 0 fully saturated rings. The zero-order chi connectivity index (χ0) is 23.6. The smallest absolute Gasteiger partial charge is 0.418 e. The van der Waals surface area contributed by atoms with Crippen molar-refractivity contribution in [2.24, 2.45) is 0 Å². The van der Waals surface area contributed by atoms with Crippen LogP contribution >= 0.6 is 11.6 Å². The molecule has 168 valence electrons. The first kappa shape index (κ1) is 23.3. The van der Waals surface area contributed by atoms with Gasteiger partial charge in [-0.05, 0) is 37.3 Å². The van der Waals surface area contributed by atoms with Gasteiger partial charge in [0, 0.05) is 11.6 Å². The van der Waals surface area contributed by atoms with E-state index in [1.807, 2.05) is 0 Å². The fourth-order valence-electron chi connectivity index (χ4n) is 3.05. The van der Waals surface area contributed by atoms with Crippen LogP contribution < -0.4 is 5.32 Å². The molecule has 11 heteroatoms. The van der Waals surface area contributed by atoms with Gasteiger partial charge in [-0.2, -0.15) is 13.2 Å². The average molecular weight is 469 g/mol. The minimum atomic E-state index is -4.76. The van der Waals surface area contributed by atoms with Gasteiger partial charge in [0.15, 0.2) is 6.10 Å². The third-order valence-corrected chi connectivity index (χ3v) is 4.88. The van der Waals surface area contributed by atoms with E-state index in [1.54, 1.807) is 12.1 Å². The summed E-state index contributed by atoms with van der Waals surface area (Å²) in [5, 5.41) is 1.90. The Hall–Kier alpha value is -3.40. The molecule has 32 heavy (non-hydrogen) atoms. The summed E-state index contributed by atoms with van der Waals surface area (Å²) < 4.78 is 44.4. The molecule has 3 amide bonds. The SMILES string of the molecule is CC(OC(=O)CCN1C(=O)c2ccccc2C1=O)C(=O)Nc1ccc(Cl)cc1C(F)(F)F. The fourth-order valence-corrected chi connectivity index (χ4v) is 3.22.